The van der Waals surface area contributed by atoms with E-state index < -0.39 is 7.32 Å². The van der Waals surface area contributed by atoms with Crippen LogP contribution in [0.2, 0.25) is 0 Å². The van der Waals surface area contributed by atoms with Crippen LogP contribution in [-0.4, -0.2) is 30.6 Å². The molecule has 0 atom stereocenters. The minimum atomic E-state index is -1.84. The van der Waals surface area contributed by atoms with Gasteiger partial charge in [0.05, 0.1) is 13.2 Å². The van der Waals surface area contributed by atoms with Crippen molar-refractivity contribution in [1.29, 1.82) is 0 Å². The molecular weight excluding hydrogens is 235 g/mol. The largest absolute Gasteiger partial charge is 0.707 e. The van der Waals surface area contributed by atoms with E-state index in [4.69, 9.17) is 24.2 Å². The lowest BCUT2D eigenvalue weighted by atomic mass is 10.2. The summed E-state index contributed by atoms with van der Waals surface area (Å²) in [5.74, 6) is 1.52. The Bertz CT molecular complexity index is 390. The first-order valence-corrected chi connectivity index (χ1v) is 6.06. The van der Waals surface area contributed by atoms with Gasteiger partial charge in [-0.25, -0.2) is 0 Å². The maximum Gasteiger partial charge on any atom is 0.707 e. The molecule has 2 rings (SSSR count). The molecule has 0 bridgehead atoms. The van der Waals surface area contributed by atoms with Crippen LogP contribution in [0.1, 0.15) is 25.7 Å². The second-order valence-corrected chi connectivity index (χ2v) is 4.28. The number of rotatable bonds is 5. The number of ether oxygens (including phenoxy) is 2. The summed E-state index contributed by atoms with van der Waals surface area (Å²) in [6, 6.07) is 4.89. The van der Waals surface area contributed by atoms with Gasteiger partial charge in [0.15, 0.2) is 11.5 Å². The van der Waals surface area contributed by atoms with Crippen LogP contribution >= 0.6 is 0 Å². The molecule has 5 nitrogen and oxygen atoms in total. The molecule has 0 aliphatic heterocycles. The van der Waals surface area contributed by atoms with Crippen molar-refractivity contribution < 1.29 is 24.2 Å². The summed E-state index contributed by atoms with van der Waals surface area (Å²) in [5.41, 5.74) is 0. The van der Waals surface area contributed by atoms with E-state index in [0.29, 0.717) is 17.2 Å². The first-order chi connectivity index (χ1) is 8.69. The van der Waals surface area contributed by atoms with E-state index in [1.54, 1.807) is 25.3 Å². The van der Waals surface area contributed by atoms with E-state index in [1.807, 2.05) is 0 Å². The Balaban J connectivity index is 2.13. The lowest BCUT2D eigenvalue weighted by Crippen LogP contribution is -2.20. The maximum absolute atomic E-state index is 8.77. The summed E-state index contributed by atoms with van der Waals surface area (Å²) >= 11 is 0. The normalized spacial score (nSPS) is 15.5. The van der Waals surface area contributed by atoms with Gasteiger partial charge < -0.3 is 24.2 Å². The van der Waals surface area contributed by atoms with E-state index in [2.05, 4.69) is 0 Å². The highest BCUT2D eigenvalue weighted by atomic mass is 16.6. The molecule has 1 aromatic carbocycles. The van der Waals surface area contributed by atoms with Gasteiger partial charge in [0.25, 0.3) is 0 Å². The molecule has 2 N–H and O–H groups in total. The minimum Gasteiger partial charge on any atom is -0.512 e. The van der Waals surface area contributed by atoms with Crippen molar-refractivity contribution >= 4 is 7.32 Å². The average Bonchev–Trinajstić information content (AvgIpc) is 2.81. The fraction of sp³-hybridized carbons (Fsp3) is 0.500. The van der Waals surface area contributed by atoms with E-state index in [1.165, 1.54) is 12.8 Å². The molecular formula is C12H17BO5. The topological polar surface area (TPSA) is 68.2 Å². The van der Waals surface area contributed by atoms with Gasteiger partial charge in [-0.2, -0.15) is 0 Å². The van der Waals surface area contributed by atoms with Gasteiger partial charge in [-0.05, 0) is 37.8 Å². The zero-order valence-electron chi connectivity index (χ0n) is 10.3. The van der Waals surface area contributed by atoms with Crippen molar-refractivity contribution in [3.8, 4) is 17.2 Å². The van der Waals surface area contributed by atoms with Crippen molar-refractivity contribution in [2.75, 3.05) is 7.11 Å². The van der Waals surface area contributed by atoms with Crippen LogP contribution in [0.15, 0.2) is 18.2 Å². The zero-order valence-corrected chi connectivity index (χ0v) is 10.3. The first-order valence-electron chi connectivity index (χ1n) is 6.06. The molecule has 6 heteroatoms. The third-order valence-corrected chi connectivity index (χ3v) is 2.97. The quantitative estimate of drug-likeness (QED) is 0.774. The fourth-order valence-corrected chi connectivity index (χ4v) is 2.13. The number of hydrogen-bond acceptors (Lipinski definition) is 5. The Kier molecular flexibility index (Phi) is 4.33. The number of hydrogen-bond donors (Lipinski definition) is 2. The van der Waals surface area contributed by atoms with Crippen molar-refractivity contribution in [3.05, 3.63) is 18.2 Å². The predicted molar refractivity (Wildman–Crippen MR) is 66.7 cm³/mol. The van der Waals surface area contributed by atoms with Crippen LogP contribution in [0.25, 0.3) is 0 Å². The Morgan fingerprint density at radius 3 is 2.50 bits per heavy atom. The van der Waals surface area contributed by atoms with Crippen molar-refractivity contribution in [3.63, 3.8) is 0 Å². The van der Waals surface area contributed by atoms with Gasteiger partial charge in [0.1, 0.15) is 5.75 Å². The molecule has 0 saturated heterocycles. The molecule has 0 unspecified atom stereocenters. The van der Waals surface area contributed by atoms with Gasteiger partial charge in [-0.1, -0.05) is 0 Å². The molecule has 1 aromatic rings. The highest BCUT2D eigenvalue weighted by Crippen LogP contribution is 2.34. The fourth-order valence-electron chi connectivity index (χ4n) is 2.13. The highest BCUT2D eigenvalue weighted by Gasteiger charge is 2.19. The van der Waals surface area contributed by atoms with Gasteiger partial charge in [-0.3, -0.25) is 0 Å². The molecule has 0 amide bonds. The molecule has 18 heavy (non-hydrogen) atoms. The molecule has 0 aromatic heterocycles. The smallest absolute Gasteiger partial charge is 0.512 e. The Hall–Kier alpha value is -1.40. The standard InChI is InChI=1S/C12H17BO5/c1-16-11-7-6-10(18-13(14)15)8-12(11)17-9-4-2-3-5-9/h6-9,14-15H,2-5H2,1H3. The van der Waals surface area contributed by atoms with Crippen LogP contribution < -0.4 is 14.1 Å². The number of methoxy groups -OCH3 is 1. The molecule has 98 valence electrons. The summed E-state index contributed by atoms with van der Waals surface area (Å²) in [7, 11) is -0.268. The maximum atomic E-state index is 8.77. The highest BCUT2D eigenvalue weighted by molar-refractivity contribution is 6.33. The molecule has 1 saturated carbocycles. The Labute approximate surface area is 106 Å². The second kappa shape index (κ2) is 5.97. The van der Waals surface area contributed by atoms with Crippen LogP contribution in [0.4, 0.5) is 0 Å². The van der Waals surface area contributed by atoms with Crippen molar-refractivity contribution in [2.24, 2.45) is 0 Å². The van der Waals surface area contributed by atoms with Crippen LogP contribution in [0, 0.1) is 0 Å². The Morgan fingerprint density at radius 2 is 1.89 bits per heavy atom. The third kappa shape index (κ3) is 3.30. The summed E-state index contributed by atoms with van der Waals surface area (Å²) < 4.78 is 15.9. The minimum absolute atomic E-state index is 0.202. The molecule has 1 aliphatic rings. The molecule has 1 fully saturated rings. The van der Waals surface area contributed by atoms with Gasteiger partial charge in [0, 0.05) is 6.07 Å². The summed E-state index contributed by atoms with van der Waals surface area (Å²) in [6.45, 7) is 0. The average molecular weight is 252 g/mol. The van der Waals surface area contributed by atoms with Gasteiger partial charge >= 0.3 is 7.32 Å². The third-order valence-electron chi connectivity index (χ3n) is 2.97. The van der Waals surface area contributed by atoms with E-state index >= 15 is 0 Å². The molecule has 0 heterocycles. The SMILES string of the molecule is COc1ccc(OB(O)O)cc1OC1CCCC1. The van der Waals surface area contributed by atoms with Gasteiger partial charge in [0.2, 0.25) is 0 Å². The van der Waals surface area contributed by atoms with Gasteiger partial charge in [-0.15, -0.1) is 0 Å². The summed E-state index contributed by atoms with van der Waals surface area (Å²) in [4.78, 5) is 0. The van der Waals surface area contributed by atoms with E-state index in [9.17, 15) is 0 Å². The lowest BCUT2D eigenvalue weighted by Gasteiger charge is -2.17. The zero-order chi connectivity index (χ0) is 13.0. The first kappa shape index (κ1) is 13.0. The molecule has 1 aliphatic carbocycles. The van der Waals surface area contributed by atoms with Crippen LogP contribution in [0.5, 0.6) is 17.2 Å². The second-order valence-electron chi connectivity index (χ2n) is 4.28. The van der Waals surface area contributed by atoms with Crippen molar-refractivity contribution in [1.82, 2.24) is 0 Å². The predicted octanol–water partition coefficient (Wildman–Crippen LogP) is 1.36. The lowest BCUT2D eigenvalue weighted by molar-refractivity contribution is 0.200. The van der Waals surface area contributed by atoms with Crippen LogP contribution in [-0.2, 0) is 0 Å². The summed E-state index contributed by atoms with van der Waals surface area (Å²) in [6.07, 6.45) is 4.64. The monoisotopic (exact) mass is 252 g/mol. The van der Waals surface area contributed by atoms with Crippen LogP contribution in [0.3, 0.4) is 0 Å². The van der Waals surface area contributed by atoms with E-state index in [-0.39, 0.29) is 6.10 Å². The Morgan fingerprint density at radius 1 is 1.17 bits per heavy atom. The van der Waals surface area contributed by atoms with E-state index in [0.717, 1.165) is 12.8 Å². The van der Waals surface area contributed by atoms with Crippen molar-refractivity contribution in [2.45, 2.75) is 31.8 Å². The molecule has 0 radical (unpaired) electrons. The number of benzene rings is 1. The molecule has 0 spiro atoms. The summed E-state index contributed by atoms with van der Waals surface area (Å²) in [5, 5.41) is 17.5.